The van der Waals surface area contributed by atoms with Gasteiger partial charge in [0, 0.05) is 5.54 Å². The largest absolute Gasteiger partial charge is 0.343 e. The Morgan fingerprint density at radius 1 is 1.00 bits per heavy atom. The van der Waals surface area contributed by atoms with Gasteiger partial charge < -0.3 is 5.32 Å². The average Bonchev–Trinajstić information content (AvgIpc) is 3.07. The van der Waals surface area contributed by atoms with Crippen LogP contribution in [0.4, 0.5) is 0 Å². The third-order valence-electron chi connectivity index (χ3n) is 7.37. The number of carbonyl (C=O) groups is 1. The lowest BCUT2D eigenvalue weighted by molar-refractivity contribution is -0.498. The summed E-state index contributed by atoms with van der Waals surface area (Å²) in [6, 6.07) is 13.7. The fourth-order valence-corrected chi connectivity index (χ4v) is 6.90. The lowest BCUT2D eigenvalue weighted by Gasteiger charge is -2.56. The molecule has 0 aliphatic heterocycles. The molecule has 4 fully saturated rings. The first-order chi connectivity index (χ1) is 14.1. The molecule has 5 heteroatoms. The highest BCUT2D eigenvalue weighted by molar-refractivity contribution is 6.33. The number of nitrogens with one attached hydrogen (secondary N) is 2. The minimum absolute atomic E-state index is 0.00668. The summed E-state index contributed by atoms with van der Waals surface area (Å²) >= 11 is 6.46. The number of carbonyl (C=O) groups excluding carboxylic acids is 1. The summed E-state index contributed by atoms with van der Waals surface area (Å²) in [6.45, 7) is 0. The number of aromatic amines is 1. The predicted molar refractivity (Wildman–Crippen MR) is 113 cm³/mol. The van der Waals surface area contributed by atoms with E-state index in [2.05, 4.69) is 10.3 Å². The highest BCUT2D eigenvalue weighted by Gasteiger charge is 2.52. The van der Waals surface area contributed by atoms with Gasteiger partial charge in [0.25, 0.3) is 11.7 Å². The van der Waals surface area contributed by atoms with Crippen molar-refractivity contribution >= 4 is 23.0 Å². The van der Waals surface area contributed by atoms with Gasteiger partial charge in [-0.3, -0.25) is 4.79 Å². The molecule has 7 rings (SSSR count). The number of fused-ring (bicyclic) bond motifs is 1. The molecule has 4 nitrogen and oxygen atoms in total. The van der Waals surface area contributed by atoms with Crippen LogP contribution in [0, 0.1) is 17.8 Å². The number of hydrogen-bond donors (Lipinski definition) is 2. The fourth-order valence-electron chi connectivity index (χ4n) is 6.68. The summed E-state index contributed by atoms with van der Waals surface area (Å²) < 4.78 is 2.02. The number of amides is 1. The van der Waals surface area contributed by atoms with Gasteiger partial charge in [0.15, 0.2) is 5.52 Å². The van der Waals surface area contributed by atoms with Crippen LogP contribution < -0.4 is 9.72 Å². The van der Waals surface area contributed by atoms with Crippen LogP contribution in [0.5, 0.6) is 0 Å². The Hall–Kier alpha value is -2.33. The second kappa shape index (κ2) is 6.33. The van der Waals surface area contributed by atoms with Crippen LogP contribution in [-0.4, -0.2) is 16.4 Å². The van der Waals surface area contributed by atoms with Crippen molar-refractivity contribution in [3.05, 3.63) is 59.4 Å². The van der Waals surface area contributed by atoms with Gasteiger partial charge in [-0.1, -0.05) is 29.8 Å². The normalized spacial score (nSPS) is 30.0. The van der Waals surface area contributed by atoms with E-state index in [9.17, 15) is 4.79 Å². The topological polar surface area (TPSA) is 49.0 Å². The van der Waals surface area contributed by atoms with Gasteiger partial charge in [-0.05, 0) is 80.5 Å². The van der Waals surface area contributed by atoms with Gasteiger partial charge in [-0.15, -0.1) is 0 Å². The maximum absolute atomic E-state index is 13.5. The minimum Gasteiger partial charge on any atom is -0.343 e. The van der Waals surface area contributed by atoms with Crippen molar-refractivity contribution in [2.45, 2.75) is 44.1 Å². The number of aromatic nitrogens is 2. The number of pyridine rings is 1. The molecule has 0 saturated heterocycles. The van der Waals surface area contributed by atoms with E-state index in [0.717, 1.165) is 53.9 Å². The number of hydrogen-bond acceptors (Lipinski definition) is 1. The van der Waals surface area contributed by atoms with Crippen LogP contribution in [0.1, 0.15) is 49.0 Å². The van der Waals surface area contributed by atoms with E-state index in [1.54, 1.807) is 0 Å². The fraction of sp³-hybridized carbons (Fsp3) is 0.417. The predicted octanol–water partition coefficient (Wildman–Crippen LogP) is 4.77. The van der Waals surface area contributed by atoms with E-state index in [0.29, 0.717) is 10.7 Å². The molecule has 2 aromatic heterocycles. The Balaban J connectivity index is 1.39. The molecule has 4 aliphatic rings. The van der Waals surface area contributed by atoms with E-state index >= 15 is 0 Å². The molecular weight excluding hydrogens is 382 g/mol. The molecule has 1 aromatic carbocycles. The highest BCUT2D eigenvalue weighted by Crippen LogP contribution is 2.55. The standard InChI is InChI=1S/C24H24ClN3O/c25-19-6-2-1-5-18(19)22-26-21(20-7-3-4-8-28(20)22)23(29)27-24-12-15-9-16(13-24)11-17(10-15)14-24/h1-8,15-17H,9-14H2,(H,27,29)/p+1. The quantitative estimate of drug-likeness (QED) is 0.604. The summed E-state index contributed by atoms with van der Waals surface area (Å²) in [5.74, 6) is 3.25. The van der Waals surface area contributed by atoms with E-state index in [4.69, 9.17) is 11.6 Å². The first kappa shape index (κ1) is 17.5. The van der Waals surface area contributed by atoms with Crippen molar-refractivity contribution in [1.82, 2.24) is 10.3 Å². The third kappa shape index (κ3) is 2.80. The van der Waals surface area contributed by atoms with Crippen LogP contribution in [0.25, 0.3) is 16.9 Å². The third-order valence-corrected chi connectivity index (χ3v) is 7.70. The highest BCUT2D eigenvalue weighted by atomic mass is 35.5. The Bertz CT molecular complexity index is 1080. The molecule has 4 aliphatic carbocycles. The molecule has 2 heterocycles. The molecule has 0 unspecified atom stereocenters. The zero-order valence-corrected chi connectivity index (χ0v) is 17.1. The first-order valence-electron chi connectivity index (χ1n) is 10.7. The monoisotopic (exact) mass is 406 g/mol. The molecule has 0 radical (unpaired) electrons. The lowest BCUT2D eigenvalue weighted by Crippen LogP contribution is -2.59. The number of rotatable bonds is 3. The minimum atomic E-state index is -0.00668. The molecule has 3 aromatic rings. The van der Waals surface area contributed by atoms with Crippen molar-refractivity contribution in [2.75, 3.05) is 0 Å². The number of imidazole rings is 1. The van der Waals surface area contributed by atoms with Gasteiger partial charge in [0.2, 0.25) is 5.69 Å². The van der Waals surface area contributed by atoms with E-state index in [-0.39, 0.29) is 11.4 Å². The Morgan fingerprint density at radius 2 is 1.66 bits per heavy atom. The van der Waals surface area contributed by atoms with Crippen molar-refractivity contribution in [1.29, 1.82) is 0 Å². The van der Waals surface area contributed by atoms with Crippen LogP contribution >= 0.6 is 11.6 Å². The summed E-state index contributed by atoms with van der Waals surface area (Å²) in [4.78, 5) is 16.9. The van der Waals surface area contributed by atoms with Gasteiger partial charge in [0.05, 0.1) is 16.8 Å². The van der Waals surface area contributed by atoms with E-state index in [1.165, 1.54) is 19.3 Å². The van der Waals surface area contributed by atoms with Crippen molar-refractivity contribution in [3.63, 3.8) is 0 Å². The number of halogens is 1. The molecule has 4 saturated carbocycles. The second-order valence-corrected chi connectivity index (χ2v) is 9.84. The first-order valence-corrected chi connectivity index (χ1v) is 11.1. The van der Waals surface area contributed by atoms with Crippen molar-refractivity contribution in [2.24, 2.45) is 17.8 Å². The summed E-state index contributed by atoms with van der Waals surface area (Å²) in [6.07, 6.45) is 9.52. The smallest absolute Gasteiger partial charge is 0.296 e. The molecule has 2 N–H and O–H groups in total. The van der Waals surface area contributed by atoms with E-state index < -0.39 is 0 Å². The van der Waals surface area contributed by atoms with Gasteiger partial charge in [0.1, 0.15) is 0 Å². The summed E-state index contributed by atoms with van der Waals surface area (Å²) in [5.41, 5.74) is 2.39. The summed E-state index contributed by atoms with van der Waals surface area (Å²) in [7, 11) is 0. The van der Waals surface area contributed by atoms with Crippen LogP contribution in [0.3, 0.4) is 0 Å². The van der Waals surface area contributed by atoms with Gasteiger partial charge in [-0.2, -0.15) is 4.40 Å². The molecule has 4 bridgehead atoms. The maximum atomic E-state index is 13.5. The second-order valence-electron chi connectivity index (χ2n) is 9.44. The SMILES string of the molecule is O=C(NC12CC3CC(CC(C3)C1)C2)c1[nH]c(-c2ccccc2Cl)[n+]2ccccc12. The Morgan fingerprint density at radius 3 is 2.34 bits per heavy atom. The van der Waals surface area contributed by atoms with Crippen LogP contribution in [-0.2, 0) is 0 Å². The van der Waals surface area contributed by atoms with Gasteiger partial charge >= 0.3 is 0 Å². The number of nitrogens with zero attached hydrogens (tertiary/aromatic N) is 1. The van der Waals surface area contributed by atoms with E-state index in [1.807, 2.05) is 53.1 Å². The zero-order valence-electron chi connectivity index (χ0n) is 16.3. The molecule has 148 valence electrons. The van der Waals surface area contributed by atoms with Crippen LogP contribution in [0.15, 0.2) is 48.7 Å². The van der Waals surface area contributed by atoms with Crippen molar-refractivity contribution < 1.29 is 9.20 Å². The zero-order chi connectivity index (χ0) is 19.6. The lowest BCUT2D eigenvalue weighted by atomic mass is 9.53. The average molecular weight is 407 g/mol. The Labute approximate surface area is 175 Å². The Kier molecular flexibility index (Phi) is 3.83. The molecule has 29 heavy (non-hydrogen) atoms. The molecule has 1 amide bonds. The molecule has 0 spiro atoms. The van der Waals surface area contributed by atoms with Crippen LogP contribution in [0.2, 0.25) is 5.02 Å². The maximum Gasteiger partial charge on any atom is 0.296 e. The number of H-pyrrole nitrogens is 1. The molecular formula is C24H25ClN3O+. The number of benzene rings is 1. The van der Waals surface area contributed by atoms with Crippen molar-refractivity contribution in [3.8, 4) is 11.4 Å². The summed E-state index contributed by atoms with van der Waals surface area (Å²) in [5, 5.41) is 4.16. The van der Waals surface area contributed by atoms with Gasteiger partial charge in [-0.25, -0.2) is 4.98 Å². The molecule has 0 atom stereocenters.